The average molecular weight is 456 g/mol. The Labute approximate surface area is 165 Å². The van der Waals surface area contributed by atoms with Gasteiger partial charge < -0.3 is 19.9 Å². The van der Waals surface area contributed by atoms with Crippen molar-refractivity contribution in [3.63, 3.8) is 0 Å². The van der Waals surface area contributed by atoms with Crippen LogP contribution >= 0.6 is 24.0 Å². The van der Waals surface area contributed by atoms with E-state index in [1.54, 1.807) is 7.05 Å². The predicted octanol–water partition coefficient (Wildman–Crippen LogP) is 3.14. The summed E-state index contributed by atoms with van der Waals surface area (Å²) >= 11 is 0. The lowest BCUT2D eigenvalue weighted by atomic mass is 9.93. The standard InChI is InChI=1S/C18H24N4O2.HI/c1-12-16(13(2)24-22-12)11-21-18(19-3)20-10-14-8-9-23-17-7-5-4-6-15(14)17;/h4-7,14H,8-11H2,1-3H3,(H2,19,20,21);1H. The van der Waals surface area contributed by atoms with Gasteiger partial charge in [-0.25, -0.2) is 0 Å². The van der Waals surface area contributed by atoms with Crippen LogP contribution in [-0.2, 0) is 6.54 Å². The number of nitrogens with one attached hydrogen (secondary N) is 2. The summed E-state index contributed by atoms with van der Waals surface area (Å²) in [6.45, 7) is 6.09. The van der Waals surface area contributed by atoms with Gasteiger partial charge in [-0.3, -0.25) is 4.99 Å². The summed E-state index contributed by atoms with van der Waals surface area (Å²) in [4.78, 5) is 4.30. The molecule has 3 rings (SSSR count). The van der Waals surface area contributed by atoms with E-state index in [0.717, 1.165) is 48.3 Å². The smallest absolute Gasteiger partial charge is 0.191 e. The minimum Gasteiger partial charge on any atom is -0.493 e. The number of para-hydroxylation sites is 1. The molecule has 0 aliphatic carbocycles. The van der Waals surface area contributed by atoms with Crippen molar-refractivity contribution in [1.29, 1.82) is 0 Å². The lowest BCUT2D eigenvalue weighted by molar-refractivity contribution is 0.267. The monoisotopic (exact) mass is 456 g/mol. The van der Waals surface area contributed by atoms with Gasteiger partial charge in [0.15, 0.2) is 5.96 Å². The maximum absolute atomic E-state index is 5.72. The van der Waals surface area contributed by atoms with Crippen molar-refractivity contribution in [3.05, 3.63) is 46.8 Å². The van der Waals surface area contributed by atoms with Gasteiger partial charge >= 0.3 is 0 Å². The average Bonchev–Trinajstić information content (AvgIpc) is 2.93. The van der Waals surface area contributed by atoms with E-state index in [9.17, 15) is 0 Å². The van der Waals surface area contributed by atoms with Crippen LogP contribution in [0, 0.1) is 13.8 Å². The van der Waals surface area contributed by atoms with E-state index in [2.05, 4.69) is 32.9 Å². The Morgan fingerprint density at radius 1 is 1.28 bits per heavy atom. The van der Waals surface area contributed by atoms with Crippen molar-refractivity contribution in [2.45, 2.75) is 32.7 Å². The first kappa shape index (κ1) is 19.6. The summed E-state index contributed by atoms with van der Waals surface area (Å²) in [5, 5.41) is 10.7. The maximum atomic E-state index is 5.72. The zero-order valence-electron chi connectivity index (χ0n) is 14.8. The second-order valence-corrected chi connectivity index (χ2v) is 5.98. The number of hydrogen-bond acceptors (Lipinski definition) is 4. The minimum absolute atomic E-state index is 0. The van der Waals surface area contributed by atoms with Crippen molar-refractivity contribution in [2.75, 3.05) is 20.2 Å². The van der Waals surface area contributed by atoms with Gasteiger partial charge in [0.25, 0.3) is 0 Å². The highest BCUT2D eigenvalue weighted by Gasteiger charge is 2.21. The third-order valence-electron chi connectivity index (χ3n) is 4.44. The van der Waals surface area contributed by atoms with E-state index in [4.69, 9.17) is 9.26 Å². The fraction of sp³-hybridized carbons (Fsp3) is 0.444. The normalized spacial score (nSPS) is 16.4. The molecule has 0 radical (unpaired) electrons. The number of aromatic nitrogens is 1. The first-order valence-electron chi connectivity index (χ1n) is 8.27. The molecule has 6 nitrogen and oxygen atoms in total. The molecule has 1 aliphatic rings. The molecular weight excluding hydrogens is 431 g/mol. The zero-order valence-corrected chi connectivity index (χ0v) is 17.2. The van der Waals surface area contributed by atoms with E-state index < -0.39 is 0 Å². The molecule has 2 N–H and O–H groups in total. The number of nitrogens with zero attached hydrogens (tertiary/aromatic N) is 2. The van der Waals surface area contributed by atoms with Crippen molar-refractivity contribution >= 4 is 29.9 Å². The number of fused-ring (bicyclic) bond motifs is 1. The molecule has 1 aliphatic heterocycles. The summed E-state index contributed by atoms with van der Waals surface area (Å²) in [5.41, 5.74) is 3.25. The first-order chi connectivity index (χ1) is 11.7. The number of halogens is 1. The Kier molecular flexibility index (Phi) is 7.10. The van der Waals surface area contributed by atoms with Crippen molar-refractivity contribution < 1.29 is 9.26 Å². The van der Waals surface area contributed by atoms with E-state index in [0.29, 0.717) is 12.5 Å². The molecule has 0 saturated carbocycles. The lowest BCUT2D eigenvalue weighted by Gasteiger charge is -2.26. The summed E-state index contributed by atoms with van der Waals surface area (Å²) in [6.07, 6.45) is 1.00. The van der Waals surface area contributed by atoms with Gasteiger partial charge in [-0.15, -0.1) is 24.0 Å². The zero-order chi connectivity index (χ0) is 16.9. The first-order valence-corrected chi connectivity index (χ1v) is 8.27. The largest absolute Gasteiger partial charge is 0.493 e. The van der Waals surface area contributed by atoms with Gasteiger partial charge in [0.05, 0.1) is 12.3 Å². The molecule has 1 atom stereocenters. The van der Waals surface area contributed by atoms with Gasteiger partial charge in [0.2, 0.25) is 0 Å². The molecule has 0 fully saturated rings. The van der Waals surface area contributed by atoms with Gasteiger partial charge in [-0.2, -0.15) is 0 Å². The summed E-state index contributed by atoms with van der Waals surface area (Å²) in [7, 11) is 1.78. The molecule has 136 valence electrons. The highest BCUT2D eigenvalue weighted by Crippen LogP contribution is 2.32. The third kappa shape index (κ3) is 4.65. The number of ether oxygens (including phenoxy) is 1. The lowest BCUT2D eigenvalue weighted by Crippen LogP contribution is -2.39. The fourth-order valence-electron chi connectivity index (χ4n) is 2.99. The van der Waals surface area contributed by atoms with Gasteiger partial charge in [-0.1, -0.05) is 23.4 Å². The number of aryl methyl sites for hydroxylation is 2. The second-order valence-electron chi connectivity index (χ2n) is 5.98. The molecule has 0 bridgehead atoms. The molecule has 1 aromatic heterocycles. The highest BCUT2D eigenvalue weighted by atomic mass is 127. The molecule has 0 amide bonds. The SMILES string of the molecule is CN=C(NCc1c(C)noc1C)NCC1CCOc2ccccc21.I. The predicted molar refractivity (Wildman–Crippen MR) is 109 cm³/mol. The van der Waals surface area contributed by atoms with Crippen LogP contribution in [0.5, 0.6) is 5.75 Å². The molecule has 0 spiro atoms. The maximum Gasteiger partial charge on any atom is 0.191 e. The summed E-state index contributed by atoms with van der Waals surface area (Å²) in [5.74, 6) is 3.04. The van der Waals surface area contributed by atoms with Crippen LogP contribution in [0.2, 0.25) is 0 Å². The van der Waals surface area contributed by atoms with Crippen LogP contribution in [0.1, 0.15) is 34.9 Å². The number of guanidine groups is 1. The number of benzene rings is 1. The van der Waals surface area contributed by atoms with Crippen molar-refractivity contribution in [1.82, 2.24) is 15.8 Å². The second kappa shape index (κ2) is 9.07. The fourth-order valence-corrected chi connectivity index (χ4v) is 2.99. The molecule has 2 aromatic rings. The molecule has 1 unspecified atom stereocenters. The Morgan fingerprint density at radius 3 is 2.80 bits per heavy atom. The quantitative estimate of drug-likeness (QED) is 0.420. The summed E-state index contributed by atoms with van der Waals surface area (Å²) in [6, 6.07) is 8.25. The molecular formula is C18H25IN4O2. The van der Waals surface area contributed by atoms with Crippen LogP contribution < -0.4 is 15.4 Å². The number of aliphatic imine (C=N–C) groups is 1. The van der Waals surface area contributed by atoms with Crippen LogP contribution in [0.15, 0.2) is 33.8 Å². The summed E-state index contributed by atoms with van der Waals surface area (Å²) < 4.78 is 10.9. The number of hydrogen-bond donors (Lipinski definition) is 2. The van der Waals surface area contributed by atoms with Crippen molar-refractivity contribution in [3.8, 4) is 5.75 Å². The Morgan fingerprint density at radius 2 is 2.08 bits per heavy atom. The van der Waals surface area contributed by atoms with Gasteiger partial charge in [0, 0.05) is 31.6 Å². The minimum atomic E-state index is 0. The Bertz CT molecular complexity index is 710. The van der Waals surface area contributed by atoms with Crippen LogP contribution in [0.4, 0.5) is 0 Å². The number of rotatable bonds is 4. The van der Waals surface area contributed by atoms with Gasteiger partial charge in [-0.05, 0) is 31.9 Å². The van der Waals surface area contributed by atoms with Crippen LogP contribution in [0.3, 0.4) is 0 Å². The van der Waals surface area contributed by atoms with Crippen LogP contribution in [-0.4, -0.2) is 31.3 Å². The van der Waals surface area contributed by atoms with Gasteiger partial charge in [0.1, 0.15) is 11.5 Å². The molecule has 0 saturated heterocycles. The Balaban J connectivity index is 0.00000225. The topological polar surface area (TPSA) is 71.7 Å². The van der Waals surface area contributed by atoms with Crippen molar-refractivity contribution in [2.24, 2.45) is 4.99 Å². The Hall–Kier alpha value is -1.77. The van der Waals surface area contributed by atoms with E-state index in [-0.39, 0.29) is 24.0 Å². The van der Waals surface area contributed by atoms with E-state index >= 15 is 0 Å². The molecule has 1 aromatic carbocycles. The third-order valence-corrected chi connectivity index (χ3v) is 4.44. The van der Waals surface area contributed by atoms with Crippen LogP contribution in [0.25, 0.3) is 0 Å². The highest BCUT2D eigenvalue weighted by molar-refractivity contribution is 14.0. The molecule has 7 heteroatoms. The molecule has 2 heterocycles. The van der Waals surface area contributed by atoms with E-state index in [1.807, 2.05) is 26.0 Å². The van der Waals surface area contributed by atoms with E-state index in [1.165, 1.54) is 5.56 Å². The molecule has 25 heavy (non-hydrogen) atoms.